The second-order valence-electron chi connectivity index (χ2n) is 7.37. The summed E-state index contributed by atoms with van der Waals surface area (Å²) in [6.07, 6.45) is 9.73. The van der Waals surface area contributed by atoms with Crippen molar-refractivity contribution >= 4 is 21.0 Å². The van der Waals surface area contributed by atoms with E-state index in [2.05, 4.69) is 43.3 Å². The van der Waals surface area contributed by atoms with Gasteiger partial charge in [-0.05, 0) is 54.2 Å². The van der Waals surface area contributed by atoms with Gasteiger partial charge in [-0.15, -0.1) is 0 Å². The molecule has 2 aromatic rings. The van der Waals surface area contributed by atoms with Gasteiger partial charge in [0.1, 0.15) is 0 Å². The molecular formula is C22H22O2S. The largest absolute Gasteiger partial charge is 0.224 e. The van der Waals surface area contributed by atoms with Crippen LogP contribution in [0.15, 0.2) is 65.6 Å². The SMILES string of the molecule is Cc1ccc(C2=CC3(C=C2c2ccc(S(C)(=O)=O)cc2)CCC3)cc1. The Morgan fingerprint density at radius 1 is 0.800 bits per heavy atom. The molecular weight excluding hydrogens is 328 g/mol. The maximum atomic E-state index is 11.7. The molecule has 0 N–H and O–H groups in total. The second-order valence-corrected chi connectivity index (χ2v) is 9.38. The van der Waals surface area contributed by atoms with Gasteiger partial charge in [-0.1, -0.05) is 60.5 Å². The first-order valence-corrected chi connectivity index (χ1v) is 10.6. The Morgan fingerprint density at radius 3 is 1.68 bits per heavy atom. The summed E-state index contributed by atoms with van der Waals surface area (Å²) in [5.74, 6) is 0. The zero-order valence-electron chi connectivity index (χ0n) is 14.6. The molecule has 0 atom stereocenters. The van der Waals surface area contributed by atoms with Crippen molar-refractivity contribution in [2.75, 3.05) is 6.26 Å². The number of allylic oxidation sites excluding steroid dienone is 4. The summed E-state index contributed by atoms with van der Waals surface area (Å²) in [6.45, 7) is 2.10. The maximum absolute atomic E-state index is 11.7. The average molecular weight is 350 g/mol. The molecule has 1 fully saturated rings. The quantitative estimate of drug-likeness (QED) is 0.776. The summed E-state index contributed by atoms with van der Waals surface area (Å²) in [6, 6.07) is 15.9. The van der Waals surface area contributed by atoms with Crippen LogP contribution in [-0.4, -0.2) is 14.7 Å². The van der Waals surface area contributed by atoms with E-state index in [0.717, 1.165) is 5.56 Å². The number of hydrogen-bond acceptors (Lipinski definition) is 2. The highest BCUT2D eigenvalue weighted by molar-refractivity contribution is 7.90. The fourth-order valence-electron chi connectivity index (χ4n) is 3.74. The third-order valence-corrected chi connectivity index (χ3v) is 6.52. The van der Waals surface area contributed by atoms with Crippen molar-refractivity contribution in [2.45, 2.75) is 31.1 Å². The van der Waals surface area contributed by atoms with E-state index in [4.69, 9.17) is 0 Å². The van der Waals surface area contributed by atoms with Gasteiger partial charge >= 0.3 is 0 Å². The molecule has 0 aliphatic heterocycles. The standard InChI is InChI=1S/C22H22O2S/c1-16-4-6-17(7-5-16)20-14-22(12-3-13-22)15-21(20)18-8-10-19(11-9-18)25(2,23)24/h4-11,14-15H,3,12-13H2,1-2H3. The minimum Gasteiger partial charge on any atom is -0.224 e. The minimum absolute atomic E-state index is 0.199. The van der Waals surface area contributed by atoms with Gasteiger partial charge in [0.15, 0.2) is 9.84 Å². The number of sulfone groups is 1. The highest BCUT2D eigenvalue weighted by Gasteiger charge is 2.38. The Balaban J connectivity index is 1.77. The smallest absolute Gasteiger partial charge is 0.175 e. The number of rotatable bonds is 3. The normalized spacial score (nSPS) is 18.6. The molecule has 1 saturated carbocycles. The van der Waals surface area contributed by atoms with Crippen LogP contribution in [0, 0.1) is 12.3 Å². The van der Waals surface area contributed by atoms with Crippen LogP contribution >= 0.6 is 0 Å². The van der Waals surface area contributed by atoms with Crippen LogP contribution in [-0.2, 0) is 9.84 Å². The van der Waals surface area contributed by atoms with Crippen molar-refractivity contribution in [1.82, 2.24) is 0 Å². The van der Waals surface area contributed by atoms with Gasteiger partial charge in [0, 0.05) is 11.7 Å². The monoisotopic (exact) mass is 350 g/mol. The molecule has 0 unspecified atom stereocenters. The van der Waals surface area contributed by atoms with Crippen molar-refractivity contribution in [3.63, 3.8) is 0 Å². The topological polar surface area (TPSA) is 34.1 Å². The predicted molar refractivity (Wildman–Crippen MR) is 103 cm³/mol. The van der Waals surface area contributed by atoms with E-state index in [1.54, 1.807) is 12.1 Å². The minimum atomic E-state index is -3.16. The molecule has 2 aromatic carbocycles. The molecule has 0 saturated heterocycles. The van der Waals surface area contributed by atoms with E-state index in [-0.39, 0.29) is 5.41 Å². The summed E-state index contributed by atoms with van der Waals surface area (Å²) in [7, 11) is -3.16. The number of aryl methyl sites for hydroxylation is 1. The van der Waals surface area contributed by atoms with Gasteiger partial charge in [-0.25, -0.2) is 8.42 Å². The van der Waals surface area contributed by atoms with Crippen molar-refractivity contribution in [2.24, 2.45) is 5.41 Å². The molecule has 128 valence electrons. The average Bonchev–Trinajstić information content (AvgIpc) is 2.96. The van der Waals surface area contributed by atoms with Crippen LogP contribution in [0.1, 0.15) is 36.0 Å². The summed E-state index contributed by atoms with van der Waals surface area (Å²) in [5, 5.41) is 0. The first-order chi connectivity index (χ1) is 11.9. The van der Waals surface area contributed by atoms with Gasteiger partial charge in [0.05, 0.1) is 4.90 Å². The number of hydrogen-bond donors (Lipinski definition) is 0. The summed E-state index contributed by atoms with van der Waals surface area (Å²) < 4.78 is 23.4. The highest BCUT2D eigenvalue weighted by Crippen LogP contribution is 2.53. The van der Waals surface area contributed by atoms with Gasteiger partial charge in [-0.3, -0.25) is 0 Å². The molecule has 0 amide bonds. The van der Waals surface area contributed by atoms with Gasteiger partial charge < -0.3 is 0 Å². The lowest BCUT2D eigenvalue weighted by Crippen LogP contribution is -2.22. The fourth-order valence-corrected chi connectivity index (χ4v) is 4.37. The van der Waals surface area contributed by atoms with E-state index >= 15 is 0 Å². The molecule has 0 radical (unpaired) electrons. The lowest BCUT2D eigenvalue weighted by molar-refractivity contribution is 0.282. The molecule has 4 rings (SSSR count). The zero-order valence-corrected chi connectivity index (χ0v) is 15.4. The third-order valence-electron chi connectivity index (χ3n) is 5.39. The molecule has 1 spiro atoms. The molecule has 2 aliphatic rings. The molecule has 2 nitrogen and oxygen atoms in total. The highest BCUT2D eigenvalue weighted by atomic mass is 32.2. The first-order valence-electron chi connectivity index (χ1n) is 8.70. The van der Waals surface area contributed by atoms with E-state index < -0.39 is 9.84 Å². The van der Waals surface area contributed by atoms with Gasteiger partial charge in [0.25, 0.3) is 0 Å². The molecule has 2 aliphatic carbocycles. The van der Waals surface area contributed by atoms with Crippen molar-refractivity contribution in [1.29, 1.82) is 0 Å². The second kappa shape index (κ2) is 5.70. The molecule has 0 bridgehead atoms. The van der Waals surface area contributed by atoms with E-state index in [1.807, 2.05) is 12.1 Å². The van der Waals surface area contributed by atoms with Crippen LogP contribution in [0.3, 0.4) is 0 Å². The van der Waals surface area contributed by atoms with E-state index in [0.29, 0.717) is 4.90 Å². The summed E-state index contributed by atoms with van der Waals surface area (Å²) in [5.41, 5.74) is 6.26. The van der Waals surface area contributed by atoms with Crippen LogP contribution < -0.4 is 0 Å². The third kappa shape index (κ3) is 2.98. The van der Waals surface area contributed by atoms with E-state index in [9.17, 15) is 8.42 Å². The Kier molecular flexibility index (Phi) is 3.73. The molecule has 3 heteroatoms. The van der Waals surface area contributed by atoms with Crippen LogP contribution in [0.4, 0.5) is 0 Å². The lowest BCUT2D eigenvalue weighted by Gasteiger charge is -2.34. The van der Waals surface area contributed by atoms with Crippen molar-refractivity contribution in [3.8, 4) is 0 Å². The molecule has 0 aromatic heterocycles. The Hall–Kier alpha value is -2.13. The van der Waals surface area contributed by atoms with Crippen molar-refractivity contribution in [3.05, 3.63) is 77.4 Å². The van der Waals surface area contributed by atoms with Gasteiger partial charge in [0.2, 0.25) is 0 Å². The van der Waals surface area contributed by atoms with Crippen LogP contribution in [0.5, 0.6) is 0 Å². The summed E-state index contributed by atoms with van der Waals surface area (Å²) >= 11 is 0. The van der Waals surface area contributed by atoms with Crippen LogP contribution in [0.25, 0.3) is 11.1 Å². The molecule has 0 heterocycles. The first kappa shape index (κ1) is 16.3. The van der Waals surface area contributed by atoms with Gasteiger partial charge in [-0.2, -0.15) is 0 Å². The fraction of sp³-hybridized carbons (Fsp3) is 0.273. The molecule has 25 heavy (non-hydrogen) atoms. The Morgan fingerprint density at radius 2 is 1.28 bits per heavy atom. The maximum Gasteiger partial charge on any atom is 0.175 e. The summed E-state index contributed by atoms with van der Waals surface area (Å²) in [4.78, 5) is 0.370. The van der Waals surface area contributed by atoms with Crippen molar-refractivity contribution < 1.29 is 8.42 Å². The lowest BCUT2D eigenvalue weighted by atomic mass is 9.70. The Bertz CT molecular complexity index is 971. The van der Waals surface area contributed by atoms with Crippen LogP contribution in [0.2, 0.25) is 0 Å². The number of benzene rings is 2. The predicted octanol–water partition coefficient (Wildman–Crippen LogP) is 5.05. The zero-order chi connectivity index (χ0) is 17.7. The Labute approximate surface area is 149 Å². The van der Waals surface area contributed by atoms with E-state index in [1.165, 1.54) is 47.8 Å².